The molecular weight excluding hydrogens is 559 g/mol. The van der Waals surface area contributed by atoms with Gasteiger partial charge in [0.05, 0.1) is 28.4 Å². The van der Waals surface area contributed by atoms with Crippen molar-refractivity contribution in [3.05, 3.63) is 35.3 Å². The Hall–Kier alpha value is -1.80. The molecule has 0 amide bonds. The number of piperazine rings is 1. The predicted octanol–water partition coefficient (Wildman–Crippen LogP) is 5.66. The minimum atomic E-state index is -2.68. The molecule has 2 fully saturated rings. The minimum absolute atomic E-state index is 0.0786. The molecule has 0 aromatic carbocycles. The van der Waals surface area contributed by atoms with E-state index in [0.29, 0.717) is 31.2 Å². The van der Waals surface area contributed by atoms with E-state index < -0.39 is 29.6 Å². The van der Waals surface area contributed by atoms with Gasteiger partial charge in [0.2, 0.25) is 0 Å². The summed E-state index contributed by atoms with van der Waals surface area (Å²) in [5.41, 5.74) is 0.382. The van der Waals surface area contributed by atoms with Crippen molar-refractivity contribution in [3.8, 4) is 0 Å². The number of alkyl halides is 3. The first kappa shape index (κ1) is 34.4. The Bertz CT molecular complexity index is 1080. The van der Waals surface area contributed by atoms with Gasteiger partial charge < -0.3 is 4.57 Å². The number of rotatable bonds is 13. The Morgan fingerprint density at radius 2 is 1.85 bits per heavy atom. The summed E-state index contributed by atoms with van der Waals surface area (Å²) >= 11 is 1.30. The highest BCUT2D eigenvalue weighted by molar-refractivity contribution is 8.01. The first-order chi connectivity index (χ1) is 19.0. The van der Waals surface area contributed by atoms with Crippen LogP contribution < -0.4 is 4.72 Å². The fourth-order valence-electron chi connectivity index (χ4n) is 3.59. The number of hydrogen-bond acceptors (Lipinski definition) is 7. The molecule has 1 unspecified atom stereocenters. The average molecular weight is 604 g/mol. The summed E-state index contributed by atoms with van der Waals surface area (Å²) in [4.78, 5) is 7.52. The molecule has 1 saturated carbocycles. The standard InChI is InChI=1S/C24H36F3N7OS2.C3H8/c1-6-21(36-31-24(16-25)7-8-24)15-34-20(13-28-23(34)19(5)30-29-18(4)22(26)27)14-32-9-11-33(12-10-32)37(35)17(2)3;1-3-2/h6,13,15,17,22,31H,1,7-12,14,16H2,2-5H3;3H2,1-2H3/b21-15+,29-18+,30-19+;. The van der Waals surface area contributed by atoms with Crippen LogP contribution in [0, 0.1) is 0 Å². The highest BCUT2D eigenvalue weighted by Gasteiger charge is 2.43. The highest BCUT2D eigenvalue weighted by atomic mass is 32.2. The van der Waals surface area contributed by atoms with E-state index >= 15 is 0 Å². The summed E-state index contributed by atoms with van der Waals surface area (Å²) in [6, 6.07) is 0. The van der Waals surface area contributed by atoms with Gasteiger partial charge in [-0.05, 0) is 52.5 Å². The quantitative estimate of drug-likeness (QED) is 0.136. The van der Waals surface area contributed by atoms with Gasteiger partial charge in [-0.1, -0.05) is 32.9 Å². The molecule has 0 bridgehead atoms. The van der Waals surface area contributed by atoms with Crippen LogP contribution in [0.3, 0.4) is 0 Å². The van der Waals surface area contributed by atoms with Gasteiger partial charge in [-0.25, -0.2) is 26.7 Å². The Balaban J connectivity index is 0.00000178. The van der Waals surface area contributed by atoms with Crippen LogP contribution in [0.1, 0.15) is 72.3 Å². The van der Waals surface area contributed by atoms with E-state index in [1.807, 2.05) is 28.9 Å². The zero-order valence-electron chi connectivity index (χ0n) is 24.5. The SMILES string of the molecule is C=C/C(=C\n1c(CN2CCN(S(=O)C(C)C)CC2)cnc1/C(C)=N/N=C(\C)C(F)F)SNC1(CF)CC1.CCC. The van der Waals surface area contributed by atoms with Crippen molar-refractivity contribution < 1.29 is 17.4 Å². The van der Waals surface area contributed by atoms with Gasteiger partial charge >= 0.3 is 0 Å². The number of nitrogens with zero attached hydrogens (tertiary/aromatic N) is 6. The van der Waals surface area contributed by atoms with Crippen molar-refractivity contribution in [1.29, 1.82) is 0 Å². The molecule has 1 aliphatic carbocycles. The van der Waals surface area contributed by atoms with Crippen molar-refractivity contribution >= 4 is 40.6 Å². The van der Waals surface area contributed by atoms with Crippen LogP contribution in [0.2, 0.25) is 0 Å². The molecule has 2 aliphatic rings. The maximum atomic E-state index is 13.3. The molecule has 1 saturated heterocycles. The third-order valence-electron chi connectivity index (χ3n) is 6.20. The summed E-state index contributed by atoms with van der Waals surface area (Å²) in [5, 5.41) is 7.71. The molecule has 1 aromatic rings. The van der Waals surface area contributed by atoms with Crippen molar-refractivity contribution in [2.45, 2.75) is 84.6 Å². The van der Waals surface area contributed by atoms with E-state index in [4.69, 9.17) is 0 Å². The van der Waals surface area contributed by atoms with Gasteiger partial charge in [0.25, 0.3) is 6.43 Å². The number of hydrogen-bond donors (Lipinski definition) is 1. The third-order valence-corrected chi connectivity index (χ3v) is 8.92. The highest BCUT2D eigenvalue weighted by Crippen LogP contribution is 2.38. The summed E-state index contributed by atoms with van der Waals surface area (Å²) in [6.07, 6.45) is 5.37. The Kier molecular flexibility index (Phi) is 14.3. The van der Waals surface area contributed by atoms with Crippen LogP contribution in [0.4, 0.5) is 13.2 Å². The lowest BCUT2D eigenvalue weighted by Gasteiger charge is -2.34. The molecule has 1 aliphatic heterocycles. The first-order valence-corrected chi connectivity index (χ1v) is 15.6. The molecule has 2 heterocycles. The van der Waals surface area contributed by atoms with Crippen molar-refractivity contribution in [3.63, 3.8) is 0 Å². The first-order valence-electron chi connectivity index (χ1n) is 13.7. The van der Waals surface area contributed by atoms with E-state index in [1.54, 1.807) is 19.2 Å². The fourth-order valence-corrected chi connectivity index (χ4v) is 5.54. The van der Waals surface area contributed by atoms with E-state index in [9.17, 15) is 17.4 Å². The van der Waals surface area contributed by atoms with Crippen LogP contribution in [0.25, 0.3) is 6.20 Å². The molecule has 1 N–H and O–H groups in total. The van der Waals surface area contributed by atoms with E-state index in [2.05, 4.69) is 45.2 Å². The monoisotopic (exact) mass is 603 g/mol. The number of aromatic nitrogens is 2. The van der Waals surface area contributed by atoms with Gasteiger partial charge in [-0.3, -0.25) is 9.62 Å². The topological polar surface area (TPSA) is 78.1 Å². The summed E-state index contributed by atoms with van der Waals surface area (Å²) < 4.78 is 58.6. The van der Waals surface area contributed by atoms with Gasteiger partial charge in [0.1, 0.15) is 18.1 Å². The van der Waals surface area contributed by atoms with Gasteiger partial charge in [-0.2, -0.15) is 10.2 Å². The smallest absolute Gasteiger partial charge is 0.278 e. The number of allylic oxidation sites excluding steroid dienone is 1. The Labute approximate surface area is 244 Å². The van der Waals surface area contributed by atoms with Crippen LogP contribution in [-0.4, -0.2) is 84.5 Å². The molecule has 1 aromatic heterocycles. The van der Waals surface area contributed by atoms with Crippen molar-refractivity contribution in [2.75, 3.05) is 32.9 Å². The molecule has 0 spiro atoms. The zero-order valence-corrected chi connectivity index (χ0v) is 26.1. The summed E-state index contributed by atoms with van der Waals surface area (Å²) in [5.74, 6) is 0.465. The molecular formula is C27H44F3N7OS2. The lowest BCUT2D eigenvalue weighted by Crippen LogP contribution is -2.47. The van der Waals surface area contributed by atoms with Crippen LogP contribution in [-0.2, 0) is 17.5 Å². The second kappa shape index (κ2) is 16.6. The van der Waals surface area contributed by atoms with E-state index in [0.717, 1.165) is 36.5 Å². The van der Waals surface area contributed by atoms with Crippen LogP contribution in [0.5, 0.6) is 0 Å². The van der Waals surface area contributed by atoms with Crippen molar-refractivity contribution in [2.24, 2.45) is 10.2 Å². The molecule has 8 nitrogen and oxygen atoms in total. The van der Waals surface area contributed by atoms with Crippen LogP contribution >= 0.6 is 11.9 Å². The molecule has 40 heavy (non-hydrogen) atoms. The van der Waals surface area contributed by atoms with Crippen molar-refractivity contribution in [1.82, 2.24) is 23.5 Å². The molecule has 13 heteroatoms. The average Bonchev–Trinajstić information content (AvgIpc) is 3.62. The number of halogens is 3. The normalized spacial score (nSPS) is 19.5. The summed E-state index contributed by atoms with van der Waals surface area (Å²) in [7, 11) is -1.000. The summed E-state index contributed by atoms with van der Waals surface area (Å²) in [6.45, 7) is 18.0. The maximum absolute atomic E-state index is 13.3. The lowest BCUT2D eigenvalue weighted by atomic mass is 10.3. The zero-order chi connectivity index (χ0) is 29.9. The molecule has 0 radical (unpaired) electrons. The molecule has 3 rings (SSSR count). The van der Waals surface area contributed by atoms with Crippen LogP contribution in [0.15, 0.2) is 34.0 Å². The molecule has 226 valence electrons. The fraction of sp³-hybridized carbons (Fsp3) is 0.667. The molecule has 1 atom stereocenters. The third kappa shape index (κ3) is 10.2. The second-order valence-corrected chi connectivity index (χ2v) is 13.2. The van der Waals surface area contributed by atoms with E-state index in [-0.39, 0.29) is 11.0 Å². The minimum Gasteiger partial charge on any atom is -0.300 e. The Morgan fingerprint density at radius 1 is 1.23 bits per heavy atom. The van der Waals surface area contributed by atoms with Gasteiger partial charge in [0, 0.05) is 49.1 Å². The largest absolute Gasteiger partial charge is 0.300 e. The number of nitrogens with one attached hydrogen (secondary N) is 1. The number of imidazole rings is 1. The van der Waals surface area contributed by atoms with Gasteiger partial charge in [-0.15, -0.1) is 0 Å². The van der Waals surface area contributed by atoms with E-state index in [1.165, 1.54) is 25.3 Å². The second-order valence-electron chi connectivity index (χ2n) is 10.3. The predicted molar refractivity (Wildman–Crippen MR) is 163 cm³/mol. The lowest BCUT2D eigenvalue weighted by molar-refractivity contribution is 0.183. The Morgan fingerprint density at radius 3 is 2.35 bits per heavy atom. The van der Waals surface area contributed by atoms with Gasteiger partial charge in [0.15, 0.2) is 5.82 Å². The maximum Gasteiger partial charge on any atom is 0.278 e.